The summed E-state index contributed by atoms with van der Waals surface area (Å²) in [6.45, 7) is 4.15. The Kier molecular flexibility index (Phi) is 6.41. The van der Waals surface area contributed by atoms with Crippen molar-refractivity contribution in [2.45, 2.75) is 62.4 Å². The molecule has 140 valence electrons. The van der Waals surface area contributed by atoms with Crippen molar-refractivity contribution in [1.82, 2.24) is 0 Å². The number of ether oxygens (including phenoxy) is 1. The molecule has 0 saturated carbocycles. The van der Waals surface area contributed by atoms with E-state index < -0.39 is 18.3 Å². The number of hydrogen-bond donors (Lipinski definition) is 2. The van der Waals surface area contributed by atoms with E-state index in [1.165, 1.54) is 21.6 Å². The van der Waals surface area contributed by atoms with E-state index in [2.05, 4.69) is 49.6 Å². The number of aliphatic hydroxyl groups is 2. The Morgan fingerprint density at radius 1 is 1.12 bits per heavy atom. The van der Waals surface area contributed by atoms with Gasteiger partial charge < -0.3 is 14.9 Å². The van der Waals surface area contributed by atoms with Crippen LogP contribution in [0.5, 0.6) is 0 Å². The molecule has 1 aliphatic rings. The molecule has 4 atom stereocenters. The second-order valence-electron chi connectivity index (χ2n) is 7.09. The number of benzene rings is 2. The maximum Gasteiger partial charge on any atom is 0.111 e. The zero-order valence-electron chi connectivity index (χ0n) is 15.7. The number of aliphatic hydroxyl groups excluding tert-OH is 2. The van der Waals surface area contributed by atoms with Gasteiger partial charge in [-0.15, -0.1) is 11.8 Å². The average molecular weight is 373 g/mol. The Morgan fingerprint density at radius 2 is 1.85 bits per heavy atom. The molecule has 0 bridgehead atoms. The third-order valence-corrected chi connectivity index (χ3v) is 6.00. The van der Waals surface area contributed by atoms with Crippen molar-refractivity contribution >= 4 is 11.8 Å². The molecule has 2 N–H and O–H groups in total. The standard InChI is InChI=1S/C22H28O3S/c1-4-18-13-20(23)21(24)22(25-18)16-8-5-14(2)17(12-16)11-15-6-9-19(26-3)10-7-15/h5-10,12,18,20-24H,4,11,13H2,1-3H3/t18?,20?,21-,22?/m1/s1. The van der Waals surface area contributed by atoms with E-state index in [1.807, 2.05) is 13.0 Å². The van der Waals surface area contributed by atoms with Crippen LogP contribution in [-0.2, 0) is 11.2 Å². The van der Waals surface area contributed by atoms with Crippen LogP contribution in [-0.4, -0.2) is 34.8 Å². The topological polar surface area (TPSA) is 49.7 Å². The van der Waals surface area contributed by atoms with E-state index in [1.54, 1.807) is 11.8 Å². The lowest BCUT2D eigenvalue weighted by Crippen LogP contribution is -2.43. The first-order valence-corrected chi connectivity index (χ1v) is 10.5. The molecule has 0 amide bonds. The maximum absolute atomic E-state index is 10.4. The number of thioether (sulfide) groups is 1. The van der Waals surface area contributed by atoms with Crippen LogP contribution < -0.4 is 0 Å². The minimum absolute atomic E-state index is 0.0118. The zero-order valence-corrected chi connectivity index (χ0v) is 16.5. The van der Waals surface area contributed by atoms with Crippen molar-refractivity contribution in [3.05, 3.63) is 64.7 Å². The molecule has 0 aromatic heterocycles. The summed E-state index contributed by atoms with van der Waals surface area (Å²) in [6, 6.07) is 14.8. The van der Waals surface area contributed by atoms with Crippen LogP contribution in [0.15, 0.2) is 47.4 Å². The first-order chi connectivity index (χ1) is 12.5. The fourth-order valence-corrected chi connectivity index (χ4v) is 3.92. The highest BCUT2D eigenvalue weighted by molar-refractivity contribution is 7.98. The Morgan fingerprint density at radius 3 is 2.50 bits per heavy atom. The van der Waals surface area contributed by atoms with Crippen molar-refractivity contribution < 1.29 is 14.9 Å². The van der Waals surface area contributed by atoms with Gasteiger partial charge in [0.15, 0.2) is 0 Å². The minimum atomic E-state index is -0.880. The van der Waals surface area contributed by atoms with Crippen LogP contribution in [0.2, 0.25) is 0 Å². The van der Waals surface area contributed by atoms with Gasteiger partial charge in [0, 0.05) is 11.3 Å². The number of aryl methyl sites for hydroxylation is 1. The Hall–Kier alpha value is -1.33. The summed E-state index contributed by atoms with van der Waals surface area (Å²) in [6.07, 6.45) is 2.16. The summed E-state index contributed by atoms with van der Waals surface area (Å²) in [5.74, 6) is 0. The van der Waals surface area contributed by atoms with E-state index >= 15 is 0 Å². The maximum atomic E-state index is 10.4. The predicted molar refractivity (Wildman–Crippen MR) is 107 cm³/mol. The molecule has 0 spiro atoms. The molecule has 1 aliphatic heterocycles. The molecule has 1 heterocycles. The Bertz CT molecular complexity index is 729. The highest BCUT2D eigenvalue weighted by atomic mass is 32.2. The Balaban J connectivity index is 1.84. The van der Waals surface area contributed by atoms with Crippen LogP contribution in [0.4, 0.5) is 0 Å². The van der Waals surface area contributed by atoms with Gasteiger partial charge in [0.05, 0.1) is 12.2 Å². The van der Waals surface area contributed by atoms with Gasteiger partial charge in [-0.3, -0.25) is 0 Å². The molecule has 0 radical (unpaired) electrons. The van der Waals surface area contributed by atoms with Crippen LogP contribution in [0.3, 0.4) is 0 Å². The van der Waals surface area contributed by atoms with Gasteiger partial charge in [0.1, 0.15) is 12.2 Å². The quantitative estimate of drug-likeness (QED) is 0.770. The van der Waals surface area contributed by atoms with E-state index in [4.69, 9.17) is 4.74 Å². The minimum Gasteiger partial charge on any atom is -0.390 e. The number of rotatable bonds is 5. The molecule has 3 nitrogen and oxygen atoms in total. The summed E-state index contributed by atoms with van der Waals surface area (Å²) >= 11 is 1.74. The summed E-state index contributed by atoms with van der Waals surface area (Å²) in [5, 5.41) is 20.6. The fraction of sp³-hybridized carbons (Fsp3) is 0.455. The highest BCUT2D eigenvalue weighted by Crippen LogP contribution is 2.34. The van der Waals surface area contributed by atoms with E-state index in [0.717, 1.165) is 18.4 Å². The van der Waals surface area contributed by atoms with Crippen molar-refractivity contribution in [2.75, 3.05) is 6.26 Å². The van der Waals surface area contributed by atoms with Gasteiger partial charge in [0.2, 0.25) is 0 Å². The molecule has 3 unspecified atom stereocenters. The molecule has 0 aliphatic carbocycles. The van der Waals surface area contributed by atoms with Crippen LogP contribution in [0, 0.1) is 6.92 Å². The SMILES string of the molecule is CCC1CC(O)[C@@H](O)C(c2ccc(C)c(Cc3ccc(SC)cc3)c2)O1. The molecule has 26 heavy (non-hydrogen) atoms. The van der Waals surface area contributed by atoms with E-state index in [0.29, 0.717) is 6.42 Å². The van der Waals surface area contributed by atoms with Crippen molar-refractivity contribution in [3.8, 4) is 0 Å². The molecule has 4 heteroatoms. The highest BCUT2D eigenvalue weighted by Gasteiger charge is 2.37. The van der Waals surface area contributed by atoms with E-state index in [-0.39, 0.29) is 6.10 Å². The molecular weight excluding hydrogens is 344 g/mol. The molecule has 3 rings (SSSR count). The molecule has 2 aromatic rings. The second kappa shape index (κ2) is 8.57. The lowest BCUT2D eigenvalue weighted by molar-refractivity contribution is -0.171. The van der Waals surface area contributed by atoms with Crippen LogP contribution >= 0.6 is 11.8 Å². The third-order valence-electron chi connectivity index (χ3n) is 5.26. The lowest BCUT2D eigenvalue weighted by Gasteiger charge is -2.37. The van der Waals surface area contributed by atoms with Crippen LogP contribution in [0.25, 0.3) is 0 Å². The second-order valence-corrected chi connectivity index (χ2v) is 7.97. The summed E-state index contributed by atoms with van der Waals surface area (Å²) in [4.78, 5) is 1.26. The normalized spacial score (nSPS) is 26.0. The molecule has 1 fully saturated rings. The largest absolute Gasteiger partial charge is 0.390 e. The lowest BCUT2D eigenvalue weighted by atomic mass is 9.90. The predicted octanol–water partition coefficient (Wildman–Crippen LogP) is 4.27. The monoisotopic (exact) mass is 372 g/mol. The van der Waals surface area contributed by atoms with Gasteiger partial charge in [-0.05, 0) is 60.4 Å². The van der Waals surface area contributed by atoms with Crippen molar-refractivity contribution in [2.24, 2.45) is 0 Å². The molecule has 1 saturated heterocycles. The van der Waals surface area contributed by atoms with E-state index in [9.17, 15) is 10.2 Å². The van der Waals surface area contributed by atoms with Crippen molar-refractivity contribution in [3.63, 3.8) is 0 Å². The van der Waals surface area contributed by atoms with Gasteiger partial charge in [-0.1, -0.05) is 37.3 Å². The average Bonchev–Trinajstić information content (AvgIpc) is 2.66. The zero-order chi connectivity index (χ0) is 18.7. The summed E-state index contributed by atoms with van der Waals surface area (Å²) in [5.41, 5.74) is 4.65. The van der Waals surface area contributed by atoms with Crippen molar-refractivity contribution in [1.29, 1.82) is 0 Å². The number of hydrogen-bond acceptors (Lipinski definition) is 4. The molecule has 2 aromatic carbocycles. The van der Waals surface area contributed by atoms with Crippen LogP contribution in [0.1, 0.15) is 48.1 Å². The first kappa shape index (κ1) is 19.4. The smallest absolute Gasteiger partial charge is 0.111 e. The fourth-order valence-electron chi connectivity index (χ4n) is 3.51. The van der Waals surface area contributed by atoms with Gasteiger partial charge in [-0.25, -0.2) is 0 Å². The Labute approximate surface area is 160 Å². The first-order valence-electron chi connectivity index (χ1n) is 9.25. The molecular formula is C22H28O3S. The summed E-state index contributed by atoms with van der Waals surface area (Å²) in [7, 11) is 0. The third kappa shape index (κ3) is 4.32. The van der Waals surface area contributed by atoms with Gasteiger partial charge >= 0.3 is 0 Å². The van der Waals surface area contributed by atoms with Gasteiger partial charge in [-0.2, -0.15) is 0 Å². The summed E-state index contributed by atoms with van der Waals surface area (Å²) < 4.78 is 6.07. The van der Waals surface area contributed by atoms with Gasteiger partial charge in [0.25, 0.3) is 0 Å².